The maximum atomic E-state index is 14.4. The first-order valence-electron chi connectivity index (χ1n) is 9.30. The van der Waals surface area contributed by atoms with E-state index in [1.807, 2.05) is 50.3 Å². The number of hydrogen-bond acceptors (Lipinski definition) is 4. The van der Waals surface area contributed by atoms with Gasteiger partial charge in [-0.25, -0.2) is 8.78 Å². The summed E-state index contributed by atoms with van der Waals surface area (Å²) in [7, 11) is 0. The summed E-state index contributed by atoms with van der Waals surface area (Å²) in [6.07, 6.45) is 5.99. The lowest BCUT2D eigenvalue weighted by molar-refractivity contribution is -0.0890. The number of allylic oxidation sites excluding steroid dienone is 2. The van der Waals surface area contributed by atoms with Crippen molar-refractivity contribution in [1.29, 1.82) is 0 Å². The van der Waals surface area contributed by atoms with Crippen LogP contribution in [-0.2, 0) is 0 Å². The molecule has 1 aromatic heterocycles. The van der Waals surface area contributed by atoms with Crippen molar-refractivity contribution in [3.63, 3.8) is 0 Å². The van der Waals surface area contributed by atoms with E-state index in [1.165, 1.54) is 0 Å². The highest BCUT2D eigenvalue weighted by molar-refractivity contribution is 5.79. The van der Waals surface area contributed by atoms with Crippen molar-refractivity contribution in [2.24, 2.45) is 0 Å². The van der Waals surface area contributed by atoms with E-state index in [0.29, 0.717) is 19.6 Å². The van der Waals surface area contributed by atoms with Crippen molar-refractivity contribution in [2.45, 2.75) is 38.3 Å². The van der Waals surface area contributed by atoms with Crippen LogP contribution >= 0.6 is 0 Å². The first-order chi connectivity index (χ1) is 12.9. The molecule has 27 heavy (non-hydrogen) atoms. The van der Waals surface area contributed by atoms with E-state index in [1.54, 1.807) is 11.1 Å². The van der Waals surface area contributed by atoms with Crippen LogP contribution in [0.1, 0.15) is 19.1 Å². The molecular weight excluding hydrogens is 350 g/mol. The molecule has 2 aliphatic rings. The quantitative estimate of drug-likeness (QED) is 0.868. The van der Waals surface area contributed by atoms with E-state index in [-0.39, 0.29) is 12.6 Å². The maximum absolute atomic E-state index is 14.4. The standard InChI is InChI=1S/C21H24F2N2O2/c1-14-10-17-11-18(5-6-19(17)27-14)26-12-16-4-3-9-25(15(16)2)20-7-8-24-13-21(20,22)23/h3-6,9-11,15,20,24H,7-8,12-13H2,1-2H3. The second kappa shape index (κ2) is 7.00. The first kappa shape index (κ1) is 18.0. The molecule has 0 spiro atoms. The molecule has 0 amide bonds. The Bertz CT molecular complexity index is 887. The lowest BCUT2D eigenvalue weighted by Gasteiger charge is -2.44. The topological polar surface area (TPSA) is 37.6 Å². The monoisotopic (exact) mass is 374 g/mol. The minimum absolute atomic E-state index is 0.135. The summed E-state index contributed by atoms with van der Waals surface area (Å²) >= 11 is 0. The predicted octanol–water partition coefficient (Wildman–Crippen LogP) is 4.26. The molecule has 0 radical (unpaired) electrons. The van der Waals surface area contributed by atoms with Gasteiger partial charge in [0.15, 0.2) is 0 Å². The number of aryl methyl sites for hydroxylation is 1. The smallest absolute Gasteiger partial charge is 0.280 e. The lowest BCUT2D eigenvalue weighted by atomic mass is 9.95. The zero-order chi connectivity index (χ0) is 19.0. The Hall–Kier alpha value is -2.34. The van der Waals surface area contributed by atoms with E-state index < -0.39 is 12.0 Å². The molecule has 4 nitrogen and oxygen atoms in total. The molecule has 0 bridgehead atoms. The summed E-state index contributed by atoms with van der Waals surface area (Å²) in [4.78, 5) is 1.78. The number of furan rings is 1. The molecule has 2 unspecified atom stereocenters. The number of hydrogen-bond donors (Lipinski definition) is 1. The normalized spacial score (nSPS) is 24.9. The van der Waals surface area contributed by atoms with E-state index >= 15 is 0 Å². The number of nitrogens with one attached hydrogen (secondary N) is 1. The second-order valence-electron chi connectivity index (χ2n) is 7.29. The third-order valence-corrected chi connectivity index (χ3v) is 5.37. The van der Waals surface area contributed by atoms with Crippen molar-refractivity contribution in [2.75, 3.05) is 19.7 Å². The number of nitrogens with zero attached hydrogens (tertiary/aromatic N) is 1. The SMILES string of the molecule is Cc1cc2cc(OCC3=CC=CN(C4CCNCC4(F)F)C3C)ccc2o1. The van der Waals surface area contributed by atoms with Crippen molar-refractivity contribution >= 4 is 11.0 Å². The summed E-state index contributed by atoms with van der Waals surface area (Å²) in [5.74, 6) is -1.15. The molecule has 1 aromatic carbocycles. The van der Waals surface area contributed by atoms with Crippen molar-refractivity contribution in [3.8, 4) is 5.75 Å². The zero-order valence-electron chi connectivity index (χ0n) is 15.5. The second-order valence-corrected chi connectivity index (χ2v) is 7.29. The average Bonchev–Trinajstić information content (AvgIpc) is 3.00. The summed E-state index contributed by atoms with van der Waals surface area (Å²) in [6, 6.07) is 6.73. The van der Waals surface area contributed by atoms with Crippen LogP contribution in [-0.4, -0.2) is 42.6 Å². The number of ether oxygens (including phenoxy) is 1. The molecule has 6 heteroatoms. The Morgan fingerprint density at radius 2 is 2.19 bits per heavy atom. The van der Waals surface area contributed by atoms with Crippen LogP contribution in [0.15, 0.2) is 52.6 Å². The molecule has 3 heterocycles. The van der Waals surface area contributed by atoms with Gasteiger partial charge in [-0.05, 0) is 62.7 Å². The molecule has 2 aromatic rings. The van der Waals surface area contributed by atoms with E-state index in [4.69, 9.17) is 9.15 Å². The first-order valence-corrected chi connectivity index (χ1v) is 9.30. The van der Waals surface area contributed by atoms with Crippen LogP contribution in [0.4, 0.5) is 8.78 Å². The van der Waals surface area contributed by atoms with Crippen LogP contribution in [0.3, 0.4) is 0 Å². The highest BCUT2D eigenvalue weighted by Crippen LogP contribution is 2.32. The largest absolute Gasteiger partial charge is 0.489 e. The molecule has 2 atom stereocenters. The van der Waals surface area contributed by atoms with E-state index in [9.17, 15) is 8.78 Å². The number of halogens is 2. The molecule has 2 aliphatic heterocycles. The van der Waals surface area contributed by atoms with Crippen LogP contribution in [0.25, 0.3) is 11.0 Å². The Balaban J connectivity index is 1.45. The fourth-order valence-electron chi connectivity index (χ4n) is 3.87. The van der Waals surface area contributed by atoms with Crippen LogP contribution in [0, 0.1) is 6.92 Å². The zero-order valence-corrected chi connectivity index (χ0v) is 15.5. The van der Waals surface area contributed by atoms with Gasteiger partial charge in [0.25, 0.3) is 5.92 Å². The summed E-state index contributed by atoms with van der Waals surface area (Å²) in [5.41, 5.74) is 1.81. The fourth-order valence-corrected chi connectivity index (χ4v) is 3.87. The van der Waals surface area contributed by atoms with Gasteiger partial charge in [-0.1, -0.05) is 6.08 Å². The van der Waals surface area contributed by atoms with Gasteiger partial charge in [0.2, 0.25) is 0 Å². The van der Waals surface area contributed by atoms with Gasteiger partial charge in [-0.3, -0.25) is 0 Å². The molecule has 1 fully saturated rings. The van der Waals surface area contributed by atoms with Crippen molar-refractivity contribution < 1.29 is 17.9 Å². The number of piperidine rings is 1. The molecule has 1 saturated heterocycles. The summed E-state index contributed by atoms with van der Waals surface area (Å²) in [5, 5.41) is 3.78. The number of alkyl halides is 2. The van der Waals surface area contributed by atoms with E-state index in [0.717, 1.165) is 28.1 Å². The van der Waals surface area contributed by atoms with Gasteiger partial charge in [-0.2, -0.15) is 0 Å². The molecule has 0 aliphatic carbocycles. The van der Waals surface area contributed by atoms with Gasteiger partial charge in [0.1, 0.15) is 23.7 Å². The van der Waals surface area contributed by atoms with Crippen LogP contribution in [0.2, 0.25) is 0 Å². The Morgan fingerprint density at radius 3 is 3.00 bits per heavy atom. The minimum Gasteiger partial charge on any atom is -0.489 e. The molecule has 1 N–H and O–H groups in total. The lowest BCUT2D eigenvalue weighted by Crippen LogP contribution is -2.58. The summed E-state index contributed by atoms with van der Waals surface area (Å²) in [6.45, 7) is 4.57. The van der Waals surface area contributed by atoms with Gasteiger partial charge in [-0.15, -0.1) is 0 Å². The maximum Gasteiger partial charge on any atom is 0.280 e. The van der Waals surface area contributed by atoms with Crippen molar-refractivity contribution in [3.05, 3.63) is 54.0 Å². The Kier molecular flexibility index (Phi) is 4.68. The molecular formula is C21H24F2N2O2. The predicted molar refractivity (Wildman–Crippen MR) is 101 cm³/mol. The Labute approximate surface area is 157 Å². The number of fused-ring (bicyclic) bond motifs is 1. The number of benzene rings is 1. The van der Waals surface area contributed by atoms with Crippen LogP contribution in [0.5, 0.6) is 5.75 Å². The third kappa shape index (κ3) is 3.58. The third-order valence-electron chi connectivity index (χ3n) is 5.37. The highest BCUT2D eigenvalue weighted by Gasteiger charge is 2.45. The molecule has 4 rings (SSSR count). The van der Waals surface area contributed by atoms with Gasteiger partial charge >= 0.3 is 0 Å². The average molecular weight is 374 g/mol. The number of rotatable bonds is 4. The highest BCUT2D eigenvalue weighted by atomic mass is 19.3. The van der Waals surface area contributed by atoms with Gasteiger partial charge < -0.3 is 19.4 Å². The minimum atomic E-state index is -2.75. The summed E-state index contributed by atoms with van der Waals surface area (Å²) < 4.78 is 40.2. The fraction of sp³-hybridized carbons (Fsp3) is 0.429. The van der Waals surface area contributed by atoms with Crippen LogP contribution < -0.4 is 10.1 Å². The van der Waals surface area contributed by atoms with Gasteiger partial charge in [0, 0.05) is 11.6 Å². The molecule has 0 saturated carbocycles. The van der Waals surface area contributed by atoms with E-state index in [2.05, 4.69) is 5.32 Å². The Morgan fingerprint density at radius 1 is 1.33 bits per heavy atom. The molecule has 144 valence electrons. The van der Waals surface area contributed by atoms with Crippen molar-refractivity contribution in [1.82, 2.24) is 10.2 Å². The van der Waals surface area contributed by atoms with Gasteiger partial charge in [0.05, 0.1) is 18.6 Å².